The van der Waals surface area contributed by atoms with Crippen LogP contribution in [0.4, 0.5) is 9.59 Å². The molecule has 6 heteroatoms. The van der Waals surface area contributed by atoms with E-state index >= 15 is 0 Å². The Kier molecular flexibility index (Phi) is 6.42. The van der Waals surface area contributed by atoms with Gasteiger partial charge in [-0.15, -0.1) is 13.2 Å². The molecule has 16 heavy (non-hydrogen) atoms. The van der Waals surface area contributed by atoms with E-state index in [1.807, 2.05) is 0 Å². The lowest BCUT2D eigenvalue weighted by Crippen LogP contribution is -2.34. The van der Waals surface area contributed by atoms with Crippen molar-refractivity contribution in [1.82, 2.24) is 0 Å². The molecule has 0 saturated carbocycles. The summed E-state index contributed by atoms with van der Waals surface area (Å²) in [6.07, 6.45) is -1.63. The number of carbonyl (C=O) groups is 2. The zero-order chi connectivity index (χ0) is 12.6. The van der Waals surface area contributed by atoms with E-state index in [-0.39, 0.29) is 12.8 Å². The van der Waals surface area contributed by atoms with Crippen molar-refractivity contribution in [2.24, 2.45) is 0 Å². The van der Waals surface area contributed by atoms with Crippen LogP contribution in [0, 0.1) is 0 Å². The van der Waals surface area contributed by atoms with E-state index in [9.17, 15) is 9.59 Å². The average Bonchev–Trinajstić information content (AvgIpc) is 2.15. The Bertz CT molecular complexity index is 244. The molecule has 90 valence electrons. The Morgan fingerprint density at radius 2 is 1.31 bits per heavy atom. The van der Waals surface area contributed by atoms with E-state index in [4.69, 9.17) is 10.2 Å². The third-order valence-corrected chi connectivity index (χ3v) is 1.72. The molecule has 0 saturated heterocycles. The van der Waals surface area contributed by atoms with Crippen molar-refractivity contribution in [3.63, 3.8) is 0 Å². The molecule has 2 atom stereocenters. The number of hydrogen-bond acceptors (Lipinski definition) is 4. The van der Waals surface area contributed by atoms with Crippen LogP contribution in [0.5, 0.6) is 0 Å². The van der Waals surface area contributed by atoms with Gasteiger partial charge in [0.2, 0.25) is 0 Å². The molecule has 0 fully saturated rings. The minimum atomic E-state index is -1.49. The van der Waals surface area contributed by atoms with Gasteiger partial charge in [-0.1, -0.05) is 12.2 Å². The van der Waals surface area contributed by atoms with Crippen LogP contribution >= 0.6 is 0 Å². The van der Waals surface area contributed by atoms with Crippen LogP contribution in [0.25, 0.3) is 0 Å². The maximum Gasteiger partial charge on any atom is 0.506 e. The maximum absolute atomic E-state index is 10.4. The Balaban J connectivity index is 4.61. The lowest BCUT2D eigenvalue weighted by Gasteiger charge is -2.22. The van der Waals surface area contributed by atoms with Crippen LogP contribution in [-0.4, -0.2) is 34.7 Å². The van der Waals surface area contributed by atoms with Gasteiger partial charge >= 0.3 is 12.3 Å². The van der Waals surface area contributed by atoms with Gasteiger partial charge in [0.05, 0.1) is 0 Å². The molecule has 0 aromatic carbocycles. The highest BCUT2D eigenvalue weighted by molar-refractivity contribution is 5.58. The number of ether oxygens (including phenoxy) is 2. The molecule has 0 radical (unpaired) electrons. The molecule has 0 spiro atoms. The Morgan fingerprint density at radius 3 is 1.50 bits per heavy atom. The first kappa shape index (κ1) is 14.0. The van der Waals surface area contributed by atoms with E-state index in [1.165, 1.54) is 12.2 Å². The molecular formula is C10H14O6. The lowest BCUT2D eigenvalue weighted by molar-refractivity contribution is -0.0376. The highest BCUT2D eigenvalue weighted by atomic mass is 16.7. The average molecular weight is 230 g/mol. The van der Waals surface area contributed by atoms with Gasteiger partial charge in [0.15, 0.2) is 0 Å². The summed E-state index contributed by atoms with van der Waals surface area (Å²) in [5, 5.41) is 17.0. The van der Waals surface area contributed by atoms with Gasteiger partial charge in [-0.25, -0.2) is 9.59 Å². The summed E-state index contributed by atoms with van der Waals surface area (Å²) in [6, 6.07) is 0. The van der Waals surface area contributed by atoms with Crippen LogP contribution in [-0.2, 0) is 9.47 Å². The predicted octanol–water partition coefficient (Wildman–Crippen LogP) is 2.26. The van der Waals surface area contributed by atoms with Crippen LogP contribution in [0.1, 0.15) is 12.8 Å². The van der Waals surface area contributed by atoms with Crippen molar-refractivity contribution in [2.45, 2.75) is 25.0 Å². The summed E-state index contributed by atoms with van der Waals surface area (Å²) in [5.41, 5.74) is 0. The number of hydrogen-bond donors (Lipinski definition) is 2. The SMILES string of the molecule is C=CCC(OC(=O)O)C(CC=C)OC(=O)O. The molecule has 0 aromatic heterocycles. The molecule has 0 aliphatic carbocycles. The predicted molar refractivity (Wildman–Crippen MR) is 55.4 cm³/mol. The molecule has 6 nitrogen and oxygen atoms in total. The smallest absolute Gasteiger partial charge is 0.450 e. The Morgan fingerprint density at radius 1 is 1.00 bits per heavy atom. The zero-order valence-electron chi connectivity index (χ0n) is 8.67. The lowest BCUT2D eigenvalue weighted by atomic mass is 10.1. The van der Waals surface area contributed by atoms with Gasteiger partial charge in [-0.2, -0.15) is 0 Å². The van der Waals surface area contributed by atoms with Crippen molar-refractivity contribution >= 4 is 12.3 Å². The molecule has 0 aromatic rings. The van der Waals surface area contributed by atoms with Gasteiger partial charge in [0.1, 0.15) is 12.2 Å². The van der Waals surface area contributed by atoms with Crippen LogP contribution in [0.15, 0.2) is 25.3 Å². The highest BCUT2D eigenvalue weighted by Crippen LogP contribution is 2.14. The van der Waals surface area contributed by atoms with Crippen LogP contribution < -0.4 is 0 Å². The first-order chi connectivity index (χ1) is 7.51. The highest BCUT2D eigenvalue weighted by Gasteiger charge is 2.26. The van der Waals surface area contributed by atoms with Gasteiger partial charge in [0, 0.05) is 12.8 Å². The molecule has 0 aliphatic heterocycles. The minimum absolute atomic E-state index is 0.165. The van der Waals surface area contributed by atoms with Gasteiger partial charge in [0.25, 0.3) is 0 Å². The van der Waals surface area contributed by atoms with Gasteiger partial charge in [-0.3, -0.25) is 0 Å². The molecular weight excluding hydrogens is 216 g/mol. The molecule has 0 heterocycles. The number of carboxylic acid groups (broad SMARTS) is 2. The maximum atomic E-state index is 10.4. The molecule has 0 bridgehead atoms. The third kappa shape index (κ3) is 5.69. The van der Waals surface area contributed by atoms with Crippen molar-refractivity contribution in [2.75, 3.05) is 0 Å². The third-order valence-electron chi connectivity index (χ3n) is 1.72. The van der Waals surface area contributed by atoms with Gasteiger partial charge in [-0.05, 0) is 0 Å². The summed E-state index contributed by atoms with van der Waals surface area (Å²) in [5.74, 6) is 0. The molecule has 0 amide bonds. The van der Waals surface area contributed by atoms with Crippen molar-refractivity contribution in [1.29, 1.82) is 0 Å². The fraction of sp³-hybridized carbons (Fsp3) is 0.400. The quantitative estimate of drug-likeness (QED) is 0.514. The monoisotopic (exact) mass is 230 g/mol. The number of rotatable bonds is 7. The zero-order valence-corrected chi connectivity index (χ0v) is 8.67. The Labute approximate surface area is 92.8 Å². The molecule has 0 aliphatic rings. The van der Waals surface area contributed by atoms with E-state index in [0.29, 0.717) is 0 Å². The fourth-order valence-corrected chi connectivity index (χ4v) is 1.14. The first-order valence-corrected chi connectivity index (χ1v) is 4.52. The second-order valence-electron chi connectivity index (χ2n) is 2.89. The standard InChI is InChI=1S/C10H14O6/c1-3-5-7(15-9(11)12)8(6-4-2)16-10(13)14/h3-4,7-8H,1-2,5-6H2,(H,11,12)(H,13,14). The summed E-state index contributed by atoms with van der Waals surface area (Å²) in [4.78, 5) is 20.8. The molecule has 2 unspecified atom stereocenters. The van der Waals surface area contributed by atoms with E-state index in [0.717, 1.165) is 0 Å². The van der Waals surface area contributed by atoms with Gasteiger partial charge < -0.3 is 19.7 Å². The summed E-state index contributed by atoms with van der Waals surface area (Å²) in [6.45, 7) is 6.86. The summed E-state index contributed by atoms with van der Waals surface area (Å²) < 4.78 is 9.03. The normalized spacial score (nSPS) is 13.2. The largest absolute Gasteiger partial charge is 0.506 e. The first-order valence-electron chi connectivity index (χ1n) is 4.52. The summed E-state index contributed by atoms with van der Waals surface area (Å²) in [7, 11) is 0. The van der Waals surface area contributed by atoms with Crippen molar-refractivity contribution in [3.05, 3.63) is 25.3 Å². The molecule has 2 N–H and O–H groups in total. The molecule has 0 rings (SSSR count). The van der Waals surface area contributed by atoms with E-state index < -0.39 is 24.5 Å². The second kappa shape index (κ2) is 7.33. The van der Waals surface area contributed by atoms with Crippen molar-refractivity contribution < 1.29 is 29.3 Å². The van der Waals surface area contributed by atoms with E-state index in [2.05, 4.69) is 22.6 Å². The van der Waals surface area contributed by atoms with Crippen molar-refractivity contribution in [3.8, 4) is 0 Å². The topological polar surface area (TPSA) is 93.1 Å². The van der Waals surface area contributed by atoms with Crippen LogP contribution in [0.3, 0.4) is 0 Å². The van der Waals surface area contributed by atoms with Crippen LogP contribution in [0.2, 0.25) is 0 Å². The fourth-order valence-electron chi connectivity index (χ4n) is 1.14. The minimum Gasteiger partial charge on any atom is -0.450 e. The summed E-state index contributed by atoms with van der Waals surface area (Å²) >= 11 is 0. The van der Waals surface area contributed by atoms with E-state index in [1.54, 1.807) is 0 Å². The Hall–Kier alpha value is -1.98. The second-order valence-corrected chi connectivity index (χ2v) is 2.89.